The quantitative estimate of drug-likeness (QED) is 0.894. The van der Waals surface area contributed by atoms with E-state index in [0.29, 0.717) is 5.92 Å². The van der Waals surface area contributed by atoms with Gasteiger partial charge in [-0.3, -0.25) is 9.69 Å². The number of nitrogens with zero attached hydrogens (tertiary/aromatic N) is 1. The van der Waals surface area contributed by atoms with E-state index >= 15 is 0 Å². The van der Waals surface area contributed by atoms with E-state index in [9.17, 15) is 4.79 Å². The van der Waals surface area contributed by atoms with Crippen LogP contribution in [0.2, 0.25) is 0 Å². The summed E-state index contributed by atoms with van der Waals surface area (Å²) in [7, 11) is 1.74. The number of methoxy groups -OCH3 is 1. The number of primary amides is 1. The molecule has 0 bridgehead atoms. The summed E-state index contributed by atoms with van der Waals surface area (Å²) in [5.74, 6) is 0.306. The van der Waals surface area contributed by atoms with E-state index in [0.717, 1.165) is 42.6 Å². The molecule has 1 aliphatic heterocycles. The predicted molar refractivity (Wildman–Crippen MR) is 82.3 cm³/mol. The average molecular weight is 341 g/mol. The molecule has 0 aromatic heterocycles. The molecule has 1 aliphatic rings. The second-order valence-electron chi connectivity index (χ2n) is 5.29. The van der Waals surface area contributed by atoms with Gasteiger partial charge in [-0.25, -0.2) is 0 Å². The van der Waals surface area contributed by atoms with Gasteiger partial charge in [0.15, 0.2) is 0 Å². The molecule has 1 fully saturated rings. The maximum atomic E-state index is 11.9. The van der Waals surface area contributed by atoms with Crippen LogP contribution in [0, 0.1) is 5.92 Å². The maximum Gasteiger partial charge on any atom is 0.239 e. The molecule has 1 atom stereocenters. The Bertz CT molecular complexity index is 459. The Kier molecular flexibility index (Phi) is 5.57. The summed E-state index contributed by atoms with van der Waals surface area (Å²) < 4.78 is 6.18. The van der Waals surface area contributed by atoms with Gasteiger partial charge in [0, 0.05) is 18.2 Å². The third-order valence-electron chi connectivity index (χ3n) is 3.85. The number of hydrogen-bond acceptors (Lipinski definition) is 3. The average Bonchev–Trinajstić information content (AvgIpc) is 2.41. The molecule has 1 aromatic carbocycles. The molecule has 1 heterocycles. The molecule has 1 aromatic rings. The maximum absolute atomic E-state index is 11.9. The smallest absolute Gasteiger partial charge is 0.239 e. The summed E-state index contributed by atoms with van der Waals surface area (Å²) in [5.41, 5.74) is 6.58. The van der Waals surface area contributed by atoms with Gasteiger partial charge >= 0.3 is 0 Å². The fourth-order valence-electron chi connectivity index (χ4n) is 2.85. The van der Waals surface area contributed by atoms with E-state index in [-0.39, 0.29) is 11.9 Å². The standard InChI is InChI=1S/C15H21BrN2O2/c1-20-10-11-5-7-18(8-6-11)14(15(17)19)12-3-2-4-13(16)9-12/h2-4,9,11,14H,5-8,10H2,1H3,(H2,17,19)/t14-/m1/s1. The Hall–Kier alpha value is -0.910. The number of piperidine rings is 1. The third kappa shape index (κ3) is 3.81. The van der Waals surface area contributed by atoms with Gasteiger partial charge in [0.25, 0.3) is 0 Å². The molecule has 5 heteroatoms. The molecule has 0 spiro atoms. The molecule has 2 rings (SSSR count). The lowest BCUT2D eigenvalue weighted by Crippen LogP contribution is -2.43. The molecule has 2 N–H and O–H groups in total. The van der Waals surface area contributed by atoms with Gasteiger partial charge in [-0.05, 0) is 49.5 Å². The number of nitrogens with two attached hydrogens (primary N) is 1. The van der Waals surface area contributed by atoms with Gasteiger partial charge in [-0.15, -0.1) is 0 Å². The van der Waals surface area contributed by atoms with Crippen molar-refractivity contribution in [2.24, 2.45) is 11.7 Å². The summed E-state index contributed by atoms with van der Waals surface area (Å²) in [6.07, 6.45) is 2.09. The largest absolute Gasteiger partial charge is 0.384 e. The topological polar surface area (TPSA) is 55.6 Å². The van der Waals surface area contributed by atoms with Gasteiger partial charge in [-0.2, -0.15) is 0 Å². The highest BCUT2D eigenvalue weighted by Gasteiger charge is 2.29. The summed E-state index contributed by atoms with van der Waals surface area (Å²) in [5, 5.41) is 0. The van der Waals surface area contributed by atoms with E-state index in [2.05, 4.69) is 20.8 Å². The highest BCUT2D eigenvalue weighted by molar-refractivity contribution is 9.10. The van der Waals surface area contributed by atoms with Crippen molar-refractivity contribution in [3.63, 3.8) is 0 Å². The van der Waals surface area contributed by atoms with Crippen LogP contribution in [0.5, 0.6) is 0 Å². The fourth-order valence-corrected chi connectivity index (χ4v) is 3.26. The van der Waals surface area contributed by atoms with Gasteiger partial charge < -0.3 is 10.5 Å². The number of ether oxygens (including phenoxy) is 1. The van der Waals surface area contributed by atoms with Crippen LogP contribution < -0.4 is 5.73 Å². The minimum absolute atomic E-state index is 0.284. The molecule has 1 saturated heterocycles. The number of rotatable bonds is 5. The summed E-state index contributed by atoms with van der Waals surface area (Å²) >= 11 is 3.45. The highest BCUT2D eigenvalue weighted by atomic mass is 79.9. The number of benzene rings is 1. The number of amides is 1. The zero-order valence-electron chi connectivity index (χ0n) is 11.7. The van der Waals surface area contributed by atoms with Crippen molar-refractivity contribution in [2.75, 3.05) is 26.8 Å². The van der Waals surface area contributed by atoms with Gasteiger partial charge in [0.1, 0.15) is 6.04 Å². The molecule has 110 valence electrons. The van der Waals surface area contributed by atoms with Crippen LogP contribution in [0.15, 0.2) is 28.7 Å². The lowest BCUT2D eigenvalue weighted by atomic mass is 9.94. The molecular formula is C15H21BrN2O2. The van der Waals surface area contributed by atoms with E-state index in [1.165, 1.54) is 0 Å². The first kappa shape index (κ1) is 15.5. The predicted octanol–water partition coefficient (Wildman–Crippen LogP) is 2.33. The summed E-state index contributed by atoms with van der Waals surface area (Å²) in [4.78, 5) is 14.0. The lowest BCUT2D eigenvalue weighted by molar-refractivity contribution is -0.124. The van der Waals surface area contributed by atoms with Crippen molar-refractivity contribution in [2.45, 2.75) is 18.9 Å². The van der Waals surface area contributed by atoms with E-state index in [1.54, 1.807) is 7.11 Å². The normalized spacial score (nSPS) is 18.9. The van der Waals surface area contributed by atoms with Crippen LogP contribution in [0.3, 0.4) is 0 Å². The Morgan fingerprint density at radius 3 is 2.75 bits per heavy atom. The highest BCUT2D eigenvalue weighted by Crippen LogP contribution is 2.28. The van der Waals surface area contributed by atoms with Gasteiger partial charge in [-0.1, -0.05) is 28.1 Å². The van der Waals surface area contributed by atoms with Crippen LogP contribution in [0.25, 0.3) is 0 Å². The number of halogens is 1. The Morgan fingerprint density at radius 2 is 2.20 bits per heavy atom. The van der Waals surface area contributed by atoms with Crippen molar-refractivity contribution in [1.82, 2.24) is 4.90 Å². The Balaban J connectivity index is 2.09. The van der Waals surface area contributed by atoms with Crippen molar-refractivity contribution < 1.29 is 9.53 Å². The van der Waals surface area contributed by atoms with Gasteiger partial charge in [0.2, 0.25) is 5.91 Å². The van der Waals surface area contributed by atoms with Crippen LogP contribution in [0.4, 0.5) is 0 Å². The zero-order chi connectivity index (χ0) is 14.5. The number of likely N-dealkylation sites (tertiary alicyclic amines) is 1. The van der Waals surface area contributed by atoms with Crippen LogP contribution in [0.1, 0.15) is 24.4 Å². The van der Waals surface area contributed by atoms with Crippen molar-refractivity contribution in [3.05, 3.63) is 34.3 Å². The molecule has 0 saturated carbocycles. The van der Waals surface area contributed by atoms with Crippen molar-refractivity contribution in [3.8, 4) is 0 Å². The molecule has 0 radical (unpaired) electrons. The Labute approximate surface area is 128 Å². The molecule has 1 amide bonds. The van der Waals surface area contributed by atoms with Crippen molar-refractivity contribution in [1.29, 1.82) is 0 Å². The monoisotopic (exact) mass is 340 g/mol. The van der Waals surface area contributed by atoms with Crippen LogP contribution in [-0.4, -0.2) is 37.6 Å². The fraction of sp³-hybridized carbons (Fsp3) is 0.533. The molecule has 0 aliphatic carbocycles. The minimum atomic E-state index is -0.337. The SMILES string of the molecule is COCC1CCN([C@@H](C(N)=O)c2cccc(Br)c2)CC1. The van der Waals surface area contributed by atoms with E-state index in [1.807, 2.05) is 24.3 Å². The van der Waals surface area contributed by atoms with E-state index < -0.39 is 0 Å². The Morgan fingerprint density at radius 1 is 1.50 bits per heavy atom. The molecular weight excluding hydrogens is 320 g/mol. The van der Waals surface area contributed by atoms with Gasteiger partial charge in [0.05, 0.1) is 0 Å². The second kappa shape index (κ2) is 7.20. The first-order chi connectivity index (χ1) is 9.61. The number of carbonyl (C=O) groups excluding carboxylic acids is 1. The minimum Gasteiger partial charge on any atom is -0.384 e. The zero-order valence-corrected chi connectivity index (χ0v) is 13.3. The molecule has 0 unspecified atom stereocenters. The molecule has 4 nitrogen and oxygen atoms in total. The lowest BCUT2D eigenvalue weighted by Gasteiger charge is -2.36. The summed E-state index contributed by atoms with van der Waals surface area (Å²) in [6.45, 7) is 2.56. The second-order valence-corrected chi connectivity index (χ2v) is 6.21. The van der Waals surface area contributed by atoms with E-state index in [4.69, 9.17) is 10.5 Å². The third-order valence-corrected chi connectivity index (χ3v) is 4.34. The first-order valence-electron chi connectivity index (χ1n) is 6.89. The van der Waals surface area contributed by atoms with Crippen molar-refractivity contribution >= 4 is 21.8 Å². The number of hydrogen-bond donors (Lipinski definition) is 1. The first-order valence-corrected chi connectivity index (χ1v) is 7.69. The number of carbonyl (C=O) groups is 1. The molecule has 20 heavy (non-hydrogen) atoms. The van der Waals surface area contributed by atoms with Crippen LogP contribution in [-0.2, 0) is 9.53 Å². The van der Waals surface area contributed by atoms with Crippen LogP contribution >= 0.6 is 15.9 Å². The summed E-state index contributed by atoms with van der Waals surface area (Å²) in [6, 6.07) is 7.48.